The van der Waals surface area contributed by atoms with Crippen LogP contribution >= 0.6 is 15.9 Å². The Labute approximate surface area is 228 Å². The predicted octanol–water partition coefficient (Wildman–Crippen LogP) is 6.83. The highest BCUT2D eigenvalue weighted by molar-refractivity contribution is 9.10. The van der Waals surface area contributed by atoms with Gasteiger partial charge in [-0.3, -0.25) is 9.48 Å². The summed E-state index contributed by atoms with van der Waals surface area (Å²) in [5, 5.41) is 8.68. The average molecular weight is 584 g/mol. The third-order valence-electron chi connectivity index (χ3n) is 7.03. The number of benzene rings is 3. The molecule has 38 heavy (non-hydrogen) atoms. The van der Waals surface area contributed by atoms with Crippen molar-refractivity contribution in [3.05, 3.63) is 88.0 Å². The summed E-state index contributed by atoms with van der Waals surface area (Å²) in [4.78, 5) is 12.6. The highest BCUT2D eigenvalue weighted by Crippen LogP contribution is 2.33. The van der Waals surface area contributed by atoms with Crippen molar-refractivity contribution < 1.29 is 23.0 Å². The molecule has 1 amide bonds. The van der Waals surface area contributed by atoms with E-state index in [-0.39, 0.29) is 12.2 Å². The monoisotopic (exact) mass is 583 g/mol. The lowest BCUT2D eigenvalue weighted by Gasteiger charge is -2.28. The van der Waals surface area contributed by atoms with Gasteiger partial charge in [0.2, 0.25) is 0 Å². The van der Waals surface area contributed by atoms with E-state index in [2.05, 4.69) is 38.2 Å². The van der Waals surface area contributed by atoms with E-state index in [0.29, 0.717) is 24.3 Å². The lowest BCUT2D eigenvalue weighted by molar-refractivity contribution is 0.0940. The first-order valence-corrected chi connectivity index (χ1v) is 13.4. The summed E-state index contributed by atoms with van der Waals surface area (Å²) in [6.45, 7) is 0.441. The Bertz CT molecular complexity index is 1410. The maximum absolute atomic E-state index is 14.6. The van der Waals surface area contributed by atoms with Crippen LogP contribution in [0.5, 0.6) is 11.5 Å². The fraction of sp³-hybridized carbons (Fsp3) is 0.310. The number of amides is 1. The van der Waals surface area contributed by atoms with E-state index >= 15 is 0 Å². The minimum Gasteiger partial charge on any atom is -0.497 e. The van der Waals surface area contributed by atoms with Crippen molar-refractivity contribution >= 4 is 32.7 Å². The molecule has 1 aliphatic carbocycles. The summed E-state index contributed by atoms with van der Waals surface area (Å²) in [6, 6.07) is 15.4. The van der Waals surface area contributed by atoms with Crippen LogP contribution in [0, 0.1) is 17.6 Å². The Kier molecular flexibility index (Phi) is 7.93. The Morgan fingerprint density at radius 1 is 1.05 bits per heavy atom. The number of nitrogens with one attached hydrogen (secondary N) is 1. The molecule has 0 radical (unpaired) electrons. The summed E-state index contributed by atoms with van der Waals surface area (Å²) >= 11 is 3.49. The molecule has 0 saturated heterocycles. The van der Waals surface area contributed by atoms with Crippen LogP contribution in [0.15, 0.2) is 65.3 Å². The highest BCUT2D eigenvalue weighted by atomic mass is 79.9. The maximum atomic E-state index is 14.6. The van der Waals surface area contributed by atoms with Gasteiger partial charge in [-0.1, -0.05) is 34.1 Å². The van der Waals surface area contributed by atoms with Gasteiger partial charge in [-0.2, -0.15) is 5.10 Å². The number of rotatable bonds is 8. The van der Waals surface area contributed by atoms with Gasteiger partial charge in [0, 0.05) is 28.2 Å². The summed E-state index contributed by atoms with van der Waals surface area (Å²) in [5.41, 5.74) is 1.63. The summed E-state index contributed by atoms with van der Waals surface area (Å²) in [5.74, 6) is -1.86. The van der Waals surface area contributed by atoms with Crippen molar-refractivity contribution in [3.63, 3.8) is 0 Å². The SMILES string of the molecule is COc1ccc(COc2c(F)cc(C(=O)NC[C@H]3CC[C@H](n4cc5ccc(Br)cc5n4)CC3)cc2F)cc1. The van der Waals surface area contributed by atoms with Crippen LogP contribution in [-0.4, -0.2) is 29.3 Å². The van der Waals surface area contributed by atoms with E-state index in [1.165, 1.54) is 0 Å². The number of nitrogens with zero attached hydrogens (tertiary/aromatic N) is 2. The Hall–Kier alpha value is -3.46. The Morgan fingerprint density at radius 2 is 1.76 bits per heavy atom. The van der Waals surface area contributed by atoms with Gasteiger partial charge >= 0.3 is 0 Å². The van der Waals surface area contributed by atoms with Crippen molar-refractivity contribution in [2.24, 2.45) is 5.92 Å². The molecule has 198 valence electrons. The standard InChI is InChI=1S/C29H28BrF2N3O3/c1-37-24-10-4-19(5-11-24)17-38-28-25(31)12-21(13-26(28)32)29(36)33-15-18-2-8-23(9-3-18)35-16-20-6-7-22(30)14-27(20)34-35/h4-7,10-14,16,18,23H,2-3,8-9,15,17H2,1H3,(H,33,36)/t18-,23-. The molecule has 1 N–H and O–H groups in total. The van der Waals surface area contributed by atoms with E-state index in [4.69, 9.17) is 14.6 Å². The summed E-state index contributed by atoms with van der Waals surface area (Å²) < 4.78 is 42.7. The number of hydrogen-bond donors (Lipinski definition) is 1. The van der Waals surface area contributed by atoms with Crippen molar-refractivity contribution in [1.82, 2.24) is 15.1 Å². The van der Waals surface area contributed by atoms with Crippen LogP contribution < -0.4 is 14.8 Å². The normalized spacial score (nSPS) is 17.4. The molecular formula is C29H28BrF2N3O3. The number of fused-ring (bicyclic) bond motifs is 1. The van der Waals surface area contributed by atoms with Crippen LogP contribution in [-0.2, 0) is 6.61 Å². The molecule has 1 heterocycles. The second-order valence-electron chi connectivity index (χ2n) is 9.60. The Balaban J connectivity index is 1.12. The van der Waals surface area contributed by atoms with Crippen molar-refractivity contribution in [1.29, 1.82) is 0 Å². The predicted molar refractivity (Wildman–Crippen MR) is 144 cm³/mol. The summed E-state index contributed by atoms with van der Waals surface area (Å²) in [7, 11) is 1.56. The molecule has 1 aromatic heterocycles. The van der Waals surface area contributed by atoms with Crippen LogP contribution in [0.2, 0.25) is 0 Å². The average Bonchev–Trinajstić information content (AvgIpc) is 3.35. The fourth-order valence-electron chi connectivity index (χ4n) is 4.85. The van der Waals surface area contributed by atoms with Crippen LogP contribution in [0.3, 0.4) is 0 Å². The Morgan fingerprint density at radius 3 is 2.45 bits per heavy atom. The van der Waals surface area contributed by atoms with Gasteiger partial charge in [-0.05, 0) is 73.6 Å². The molecule has 0 bridgehead atoms. The number of methoxy groups -OCH3 is 1. The zero-order valence-corrected chi connectivity index (χ0v) is 22.5. The molecule has 1 aliphatic rings. The van der Waals surface area contributed by atoms with Gasteiger partial charge in [0.25, 0.3) is 5.91 Å². The molecule has 1 saturated carbocycles. The van der Waals surface area contributed by atoms with Crippen LogP contribution in [0.1, 0.15) is 47.6 Å². The van der Waals surface area contributed by atoms with Gasteiger partial charge < -0.3 is 14.8 Å². The minimum atomic E-state index is -0.914. The van der Waals surface area contributed by atoms with Crippen molar-refractivity contribution in [2.45, 2.75) is 38.3 Å². The molecule has 0 aliphatic heterocycles. The first-order chi connectivity index (χ1) is 18.4. The van der Waals surface area contributed by atoms with Crippen molar-refractivity contribution in [2.75, 3.05) is 13.7 Å². The molecule has 0 spiro atoms. The third-order valence-corrected chi connectivity index (χ3v) is 7.52. The highest BCUT2D eigenvalue weighted by Gasteiger charge is 2.24. The van der Waals surface area contributed by atoms with Gasteiger partial charge in [0.05, 0.1) is 18.7 Å². The lowest BCUT2D eigenvalue weighted by atomic mass is 9.86. The maximum Gasteiger partial charge on any atom is 0.251 e. The molecule has 6 nitrogen and oxygen atoms in total. The second-order valence-corrected chi connectivity index (χ2v) is 10.5. The van der Waals surface area contributed by atoms with E-state index in [1.54, 1.807) is 31.4 Å². The molecule has 0 unspecified atom stereocenters. The third kappa shape index (κ3) is 5.99. The number of ether oxygens (including phenoxy) is 2. The number of hydrogen-bond acceptors (Lipinski definition) is 4. The van der Waals surface area contributed by atoms with Gasteiger partial charge in [-0.15, -0.1) is 0 Å². The lowest BCUT2D eigenvalue weighted by Crippen LogP contribution is -2.32. The van der Waals surface area contributed by atoms with Gasteiger partial charge in [0.15, 0.2) is 17.4 Å². The molecular weight excluding hydrogens is 556 g/mol. The van der Waals surface area contributed by atoms with E-state index in [9.17, 15) is 13.6 Å². The molecule has 1 fully saturated rings. The number of carbonyl (C=O) groups is 1. The number of halogens is 3. The molecule has 9 heteroatoms. The zero-order valence-electron chi connectivity index (χ0n) is 20.9. The first-order valence-electron chi connectivity index (χ1n) is 12.6. The topological polar surface area (TPSA) is 65.4 Å². The van der Waals surface area contributed by atoms with Crippen LogP contribution in [0.25, 0.3) is 10.9 Å². The minimum absolute atomic E-state index is 0.0157. The van der Waals surface area contributed by atoms with E-state index in [1.807, 2.05) is 12.1 Å². The van der Waals surface area contributed by atoms with Crippen molar-refractivity contribution in [3.8, 4) is 11.5 Å². The first kappa shape index (κ1) is 26.2. The fourth-order valence-corrected chi connectivity index (χ4v) is 5.20. The number of carbonyl (C=O) groups excluding carboxylic acids is 1. The van der Waals surface area contributed by atoms with Gasteiger partial charge in [-0.25, -0.2) is 8.78 Å². The number of aromatic nitrogens is 2. The van der Waals surface area contributed by atoms with Crippen LogP contribution in [0.4, 0.5) is 8.78 Å². The van der Waals surface area contributed by atoms with Gasteiger partial charge in [0.1, 0.15) is 12.4 Å². The van der Waals surface area contributed by atoms with E-state index < -0.39 is 23.3 Å². The molecule has 4 aromatic rings. The molecule has 5 rings (SSSR count). The largest absolute Gasteiger partial charge is 0.497 e. The smallest absolute Gasteiger partial charge is 0.251 e. The molecule has 3 aromatic carbocycles. The second kappa shape index (κ2) is 11.5. The quantitative estimate of drug-likeness (QED) is 0.247. The van der Waals surface area contributed by atoms with E-state index in [0.717, 1.165) is 58.8 Å². The summed E-state index contributed by atoms with van der Waals surface area (Å²) in [6.07, 6.45) is 5.87. The molecule has 0 atom stereocenters. The zero-order chi connectivity index (χ0) is 26.6.